The fourth-order valence-corrected chi connectivity index (χ4v) is 2.81. The maximum absolute atomic E-state index is 12.5. The molecule has 0 N–H and O–H groups in total. The van der Waals surface area contributed by atoms with Crippen molar-refractivity contribution in [1.29, 1.82) is 0 Å². The minimum absolute atomic E-state index is 0.0810. The Morgan fingerprint density at radius 3 is 2.80 bits per heavy atom. The van der Waals surface area contributed by atoms with Crippen LogP contribution in [0.2, 0.25) is 0 Å². The van der Waals surface area contributed by atoms with Gasteiger partial charge in [-0.2, -0.15) is 5.10 Å². The molecule has 1 amide bonds. The predicted molar refractivity (Wildman–Crippen MR) is 78.2 cm³/mol. The van der Waals surface area contributed by atoms with Crippen molar-refractivity contribution in [3.8, 4) is 0 Å². The standard InChI is InChI=1S/C13H18N4O2S/c1-8-11(20-12(15-8)9(2)19-5)13(18)17(4)10-6-14-16(3)7-10/h6-7,9H,1-5H3. The lowest BCUT2D eigenvalue weighted by molar-refractivity contribution is 0.0996. The van der Waals surface area contributed by atoms with Gasteiger partial charge in [0.2, 0.25) is 0 Å². The molecule has 0 aliphatic rings. The largest absolute Gasteiger partial charge is 0.375 e. The van der Waals surface area contributed by atoms with E-state index in [0.29, 0.717) is 4.88 Å². The van der Waals surface area contributed by atoms with Crippen molar-refractivity contribution in [3.05, 3.63) is 28.0 Å². The van der Waals surface area contributed by atoms with Crippen molar-refractivity contribution in [2.45, 2.75) is 20.0 Å². The van der Waals surface area contributed by atoms with Crippen LogP contribution in [0, 0.1) is 6.92 Å². The van der Waals surface area contributed by atoms with Gasteiger partial charge in [-0.15, -0.1) is 11.3 Å². The minimum Gasteiger partial charge on any atom is -0.375 e. The lowest BCUT2D eigenvalue weighted by Gasteiger charge is -2.13. The van der Waals surface area contributed by atoms with Crippen molar-refractivity contribution in [2.75, 3.05) is 19.1 Å². The Labute approximate surface area is 122 Å². The first-order chi connectivity index (χ1) is 9.43. The number of hydrogen-bond donors (Lipinski definition) is 0. The van der Waals surface area contributed by atoms with E-state index in [0.717, 1.165) is 16.4 Å². The van der Waals surface area contributed by atoms with E-state index in [2.05, 4.69) is 10.1 Å². The van der Waals surface area contributed by atoms with Crippen LogP contribution in [-0.4, -0.2) is 34.8 Å². The molecule has 2 rings (SSSR count). The summed E-state index contributed by atoms with van der Waals surface area (Å²) >= 11 is 1.38. The van der Waals surface area contributed by atoms with Gasteiger partial charge in [-0.1, -0.05) is 0 Å². The van der Waals surface area contributed by atoms with Crippen LogP contribution in [0.25, 0.3) is 0 Å². The second-order valence-electron chi connectivity index (χ2n) is 4.58. The Morgan fingerprint density at radius 1 is 1.55 bits per heavy atom. The van der Waals surface area contributed by atoms with E-state index < -0.39 is 0 Å². The van der Waals surface area contributed by atoms with E-state index in [1.54, 1.807) is 36.1 Å². The highest BCUT2D eigenvalue weighted by Crippen LogP contribution is 2.27. The van der Waals surface area contributed by atoms with Crippen LogP contribution in [0.15, 0.2) is 12.4 Å². The molecule has 2 aromatic rings. The van der Waals surface area contributed by atoms with Gasteiger partial charge in [-0.05, 0) is 13.8 Å². The average Bonchev–Trinajstić information content (AvgIpc) is 3.02. The third-order valence-corrected chi connectivity index (χ3v) is 4.40. The summed E-state index contributed by atoms with van der Waals surface area (Å²) in [5, 5.41) is 4.89. The van der Waals surface area contributed by atoms with Crippen molar-refractivity contribution in [3.63, 3.8) is 0 Å². The highest BCUT2D eigenvalue weighted by Gasteiger charge is 2.22. The Morgan fingerprint density at radius 2 is 2.25 bits per heavy atom. The van der Waals surface area contributed by atoms with Crippen LogP contribution >= 0.6 is 11.3 Å². The minimum atomic E-state index is -0.107. The van der Waals surface area contributed by atoms with Crippen LogP contribution < -0.4 is 4.90 Å². The zero-order valence-corrected chi connectivity index (χ0v) is 13.1. The quantitative estimate of drug-likeness (QED) is 0.867. The van der Waals surface area contributed by atoms with Crippen molar-refractivity contribution in [1.82, 2.24) is 14.8 Å². The molecule has 1 atom stereocenters. The number of anilines is 1. The van der Waals surface area contributed by atoms with Gasteiger partial charge in [-0.25, -0.2) is 4.98 Å². The van der Waals surface area contributed by atoms with Gasteiger partial charge < -0.3 is 9.64 Å². The van der Waals surface area contributed by atoms with E-state index in [1.807, 2.05) is 20.9 Å². The average molecular weight is 294 g/mol. The maximum atomic E-state index is 12.5. The Kier molecular flexibility index (Phi) is 4.20. The number of carbonyl (C=O) groups is 1. The van der Waals surface area contributed by atoms with Gasteiger partial charge in [0, 0.05) is 27.4 Å². The topological polar surface area (TPSA) is 60.2 Å². The van der Waals surface area contributed by atoms with Gasteiger partial charge in [0.15, 0.2) is 0 Å². The number of aryl methyl sites for hydroxylation is 2. The molecule has 0 bridgehead atoms. The molecule has 108 valence electrons. The number of amides is 1. The summed E-state index contributed by atoms with van der Waals surface area (Å²) < 4.78 is 6.91. The van der Waals surface area contributed by atoms with Crippen LogP contribution in [0.4, 0.5) is 5.69 Å². The van der Waals surface area contributed by atoms with Crippen molar-refractivity contribution < 1.29 is 9.53 Å². The number of ether oxygens (including phenoxy) is 1. The molecule has 0 radical (unpaired) electrons. The molecule has 0 aliphatic carbocycles. The molecule has 7 heteroatoms. The summed E-state index contributed by atoms with van der Waals surface area (Å²) in [5.41, 5.74) is 1.49. The first kappa shape index (κ1) is 14.7. The predicted octanol–water partition coefficient (Wildman–Crippen LogP) is 2.17. The molecule has 1 unspecified atom stereocenters. The Bertz CT molecular complexity index is 620. The van der Waals surface area contributed by atoms with Crippen molar-refractivity contribution >= 4 is 22.9 Å². The number of aromatic nitrogens is 3. The number of rotatable bonds is 4. The van der Waals surface area contributed by atoms with E-state index in [1.165, 1.54) is 11.3 Å². The van der Waals surface area contributed by atoms with E-state index >= 15 is 0 Å². The van der Waals surface area contributed by atoms with Gasteiger partial charge in [0.25, 0.3) is 5.91 Å². The third kappa shape index (κ3) is 2.73. The molecule has 0 aromatic carbocycles. The lowest BCUT2D eigenvalue weighted by Crippen LogP contribution is -2.25. The zero-order valence-electron chi connectivity index (χ0n) is 12.2. The smallest absolute Gasteiger partial charge is 0.270 e. The molecular formula is C13H18N4O2S. The summed E-state index contributed by atoms with van der Waals surface area (Å²) in [6, 6.07) is 0. The third-order valence-electron chi connectivity index (χ3n) is 3.09. The molecule has 0 fully saturated rings. The highest BCUT2D eigenvalue weighted by atomic mass is 32.1. The second kappa shape index (κ2) is 5.72. The first-order valence-electron chi connectivity index (χ1n) is 6.20. The Balaban J connectivity index is 2.27. The summed E-state index contributed by atoms with van der Waals surface area (Å²) in [6.07, 6.45) is 3.35. The Hall–Kier alpha value is -1.73. The van der Waals surface area contributed by atoms with E-state index in [9.17, 15) is 4.79 Å². The second-order valence-corrected chi connectivity index (χ2v) is 5.61. The van der Waals surface area contributed by atoms with E-state index in [-0.39, 0.29) is 12.0 Å². The molecule has 0 saturated heterocycles. The molecular weight excluding hydrogens is 276 g/mol. The molecule has 0 saturated carbocycles. The van der Waals surface area contributed by atoms with Gasteiger partial charge in [-0.3, -0.25) is 9.48 Å². The molecule has 20 heavy (non-hydrogen) atoms. The van der Waals surface area contributed by atoms with Gasteiger partial charge in [0.1, 0.15) is 16.0 Å². The summed E-state index contributed by atoms with van der Waals surface area (Å²) in [6.45, 7) is 3.75. The summed E-state index contributed by atoms with van der Waals surface area (Å²) in [7, 11) is 5.18. The normalized spacial score (nSPS) is 12.4. The van der Waals surface area contributed by atoms with Crippen molar-refractivity contribution in [2.24, 2.45) is 7.05 Å². The van der Waals surface area contributed by atoms with Crippen LogP contribution in [0.1, 0.15) is 33.4 Å². The number of carbonyl (C=O) groups excluding carboxylic acids is 1. The van der Waals surface area contributed by atoms with Crippen LogP contribution in [0.5, 0.6) is 0 Å². The van der Waals surface area contributed by atoms with E-state index in [4.69, 9.17) is 4.74 Å². The number of thiazole rings is 1. The maximum Gasteiger partial charge on any atom is 0.270 e. The highest BCUT2D eigenvalue weighted by molar-refractivity contribution is 7.14. The summed E-state index contributed by atoms with van der Waals surface area (Å²) in [4.78, 5) is 19.1. The number of methoxy groups -OCH3 is 1. The van der Waals surface area contributed by atoms with Crippen LogP contribution in [0.3, 0.4) is 0 Å². The van der Waals surface area contributed by atoms with Gasteiger partial charge in [0.05, 0.1) is 17.6 Å². The monoisotopic (exact) mass is 294 g/mol. The van der Waals surface area contributed by atoms with Gasteiger partial charge >= 0.3 is 0 Å². The SMILES string of the molecule is COC(C)c1nc(C)c(C(=O)N(C)c2cnn(C)c2)s1. The fraction of sp³-hybridized carbons (Fsp3) is 0.462. The number of hydrogen-bond acceptors (Lipinski definition) is 5. The molecule has 2 aromatic heterocycles. The molecule has 6 nitrogen and oxygen atoms in total. The zero-order chi connectivity index (χ0) is 14.9. The number of nitrogens with zero attached hydrogens (tertiary/aromatic N) is 4. The fourth-order valence-electron chi connectivity index (χ4n) is 1.74. The molecule has 0 aliphatic heterocycles. The molecule has 2 heterocycles. The van der Waals surface area contributed by atoms with Crippen LogP contribution in [-0.2, 0) is 11.8 Å². The lowest BCUT2D eigenvalue weighted by atomic mass is 10.3. The molecule has 0 spiro atoms. The first-order valence-corrected chi connectivity index (χ1v) is 7.02. The summed E-state index contributed by atoms with van der Waals surface area (Å²) in [5.74, 6) is -0.0810.